The second kappa shape index (κ2) is 9.17. The lowest BCUT2D eigenvalue weighted by atomic mass is 10.2. The Morgan fingerprint density at radius 2 is 2.08 bits per heavy atom. The summed E-state index contributed by atoms with van der Waals surface area (Å²) in [5.74, 6) is 0.451. The van der Waals surface area contributed by atoms with Crippen molar-refractivity contribution in [2.45, 2.75) is 12.7 Å². The van der Waals surface area contributed by atoms with Gasteiger partial charge in [-0.25, -0.2) is 0 Å². The van der Waals surface area contributed by atoms with E-state index in [1.807, 2.05) is 24.3 Å². The van der Waals surface area contributed by atoms with E-state index in [0.29, 0.717) is 16.8 Å². The van der Waals surface area contributed by atoms with Crippen LogP contribution in [-0.2, 0) is 11.3 Å². The van der Waals surface area contributed by atoms with Crippen molar-refractivity contribution in [3.05, 3.63) is 58.4 Å². The van der Waals surface area contributed by atoms with Gasteiger partial charge in [0, 0.05) is 12.7 Å². The highest BCUT2D eigenvalue weighted by molar-refractivity contribution is 7.71. The predicted molar refractivity (Wildman–Crippen MR) is 92.6 cm³/mol. The number of aromatic nitrogens is 1. The van der Waals surface area contributed by atoms with Crippen LogP contribution in [0.25, 0.3) is 0 Å². The first kappa shape index (κ1) is 18.1. The van der Waals surface area contributed by atoms with Crippen LogP contribution in [-0.4, -0.2) is 42.4 Å². The third-order valence-electron chi connectivity index (χ3n) is 3.30. The van der Waals surface area contributed by atoms with E-state index >= 15 is 0 Å². The molecule has 0 bridgehead atoms. The molecule has 0 saturated heterocycles. The van der Waals surface area contributed by atoms with E-state index < -0.39 is 6.10 Å². The molecule has 2 rings (SSSR count). The monoisotopic (exact) mass is 348 g/mol. The number of amides is 1. The topological polar surface area (TPSA) is 83.6 Å². The molecule has 1 unspecified atom stereocenters. The minimum Gasteiger partial charge on any atom is -0.497 e. The number of methoxy groups -OCH3 is 1. The molecule has 0 radical (unpaired) electrons. The maximum atomic E-state index is 12.0. The van der Waals surface area contributed by atoms with Crippen LogP contribution < -0.4 is 10.1 Å². The van der Waals surface area contributed by atoms with Crippen LogP contribution >= 0.6 is 12.2 Å². The van der Waals surface area contributed by atoms with Crippen molar-refractivity contribution < 1.29 is 19.4 Å². The number of hydrogen-bond acceptors (Lipinski definition) is 5. The Hall–Kier alpha value is -2.22. The largest absolute Gasteiger partial charge is 0.497 e. The summed E-state index contributed by atoms with van der Waals surface area (Å²) in [5, 5.41) is 12.5. The van der Waals surface area contributed by atoms with Crippen LogP contribution in [0.5, 0.6) is 5.75 Å². The highest BCUT2D eigenvalue weighted by atomic mass is 32.1. The van der Waals surface area contributed by atoms with Gasteiger partial charge < -0.3 is 24.9 Å². The molecule has 1 aromatic heterocycles. The first-order valence-electron chi connectivity index (χ1n) is 7.45. The van der Waals surface area contributed by atoms with E-state index in [4.69, 9.17) is 21.7 Å². The Bertz CT molecular complexity index is 715. The van der Waals surface area contributed by atoms with Crippen LogP contribution in [0.15, 0.2) is 42.6 Å². The summed E-state index contributed by atoms with van der Waals surface area (Å²) >= 11 is 5.04. The Morgan fingerprint density at radius 1 is 1.33 bits per heavy atom. The Morgan fingerprint density at radius 3 is 2.75 bits per heavy atom. The normalized spacial score (nSPS) is 11.8. The highest BCUT2D eigenvalue weighted by Gasteiger charge is 2.10. The zero-order chi connectivity index (χ0) is 17.4. The van der Waals surface area contributed by atoms with Crippen LogP contribution in [0.4, 0.5) is 0 Å². The maximum Gasteiger partial charge on any atom is 0.254 e. The molecule has 128 valence electrons. The summed E-state index contributed by atoms with van der Waals surface area (Å²) in [5.41, 5.74) is 1.35. The lowest BCUT2D eigenvalue weighted by Crippen LogP contribution is -2.34. The second-order valence-electron chi connectivity index (χ2n) is 5.14. The molecule has 0 spiro atoms. The van der Waals surface area contributed by atoms with Crippen LogP contribution in [0.2, 0.25) is 0 Å². The van der Waals surface area contributed by atoms with Gasteiger partial charge in [0.25, 0.3) is 5.91 Å². The van der Waals surface area contributed by atoms with Gasteiger partial charge in [0.15, 0.2) is 0 Å². The molecule has 1 aromatic carbocycles. The SMILES string of the molecule is COc1ccc(COCC(O)CNC(=O)c2ccc[nH]c2=S)cc1. The van der Waals surface area contributed by atoms with Crippen molar-refractivity contribution in [1.29, 1.82) is 0 Å². The Kier molecular flexibility index (Phi) is 6.92. The minimum absolute atomic E-state index is 0.0884. The van der Waals surface area contributed by atoms with Crippen LogP contribution in [0, 0.1) is 4.64 Å². The third kappa shape index (κ3) is 5.45. The number of rotatable bonds is 8. The summed E-state index contributed by atoms with van der Waals surface area (Å²) in [6.45, 7) is 0.581. The zero-order valence-electron chi connectivity index (χ0n) is 13.3. The summed E-state index contributed by atoms with van der Waals surface area (Å²) < 4.78 is 10.9. The first-order chi connectivity index (χ1) is 11.6. The Labute approximate surface area is 145 Å². The third-order valence-corrected chi connectivity index (χ3v) is 3.64. The number of benzene rings is 1. The number of hydrogen-bond donors (Lipinski definition) is 3. The number of aliphatic hydroxyl groups excluding tert-OH is 1. The second-order valence-corrected chi connectivity index (χ2v) is 5.55. The van der Waals surface area contributed by atoms with E-state index in [1.165, 1.54) is 0 Å². The number of carbonyl (C=O) groups is 1. The van der Waals surface area contributed by atoms with E-state index in [0.717, 1.165) is 11.3 Å². The van der Waals surface area contributed by atoms with Gasteiger partial charge >= 0.3 is 0 Å². The molecule has 0 aliphatic heterocycles. The molecular weight excluding hydrogens is 328 g/mol. The van der Waals surface area contributed by atoms with Crippen molar-refractivity contribution in [1.82, 2.24) is 10.3 Å². The van der Waals surface area contributed by atoms with E-state index in [1.54, 1.807) is 25.4 Å². The lowest BCUT2D eigenvalue weighted by Gasteiger charge is -2.12. The molecular formula is C17H20N2O4S. The van der Waals surface area contributed by atoms with Crippen LogP contribution in [0.3, 0.4) is 0 Å². The quantitative estimate of drug-likeness (QED) is 0.636. The molecule has 24 heavy (non-hydrogen) atoms. The molecule has 3 N–H and O–H groups in total. The van der Waals surface area contributed by atoms with Crippen LogP contribution in [0.1, 0.15) is 15.9 Å². The fraction of sp³-hybridized carbons (Fsp3) is 0.294. The van der Waals surface area contributed by atoms with Gasteiger partial charge in [-0.2, -0.15) is 0 Å². The highest BCUT2D eigenvalue weighted by Crippen LogP contribution is 2.11. The minimum atomic E-state index is -0.798. The number of pyridine rings is 1. The fourth-order valence-electron chi connectivity index (χ4n) is 2.00. The molecule has 0 aliphatic carbocycles. The summed E-state index contributed by atoms with van der Waals surface area (Å²) in [7, 11) is 1.61. The average molecular weight is 348 g/mol. The van der Waals surface area contributed by atoms with Gasteiger partial charge in [0.1, 0.15) is 10.4 Å². The van der Waals surface area contributed by atoms with Gasteiger partial charge in [-0.15, -0.1) is 0 Å². The molecule has 1 amide bonds. The predicted octanol–water partition coefficient (Wildman–Crippen LogP) is 2.06. The van der Waals surface area contributed by atoms with Gasteiger partial charge in [-0.1, -0.05) is 24.4 Å². The first-order valence-corrected chi connectivity index (χ1v) is 7.85. The van der Waals surface area contributed by atoms with E-state index in [-0.39, 0.29) is 19.1 Å². The van der Waals surface area contributed by atoms with Crippen molar-refractivity contribution in [2.24, 2.45) is 0 Å². The molecule has 0 saturated carbocycles. The molecule has 0 aliphatic rings. The smallest absolute Gasteiger partial charge is 0.254 e. The number of aromatic amines is 1. The lowest BCUT2D eigenvalue weighted by molar-refractivity contribution is 0.0285. The van der Waals surface area contributed by atoms with E-state index in [9.17, 15) is 9.90 Å². The molecule has 0 fully saturated rings. The zero-order valence-corrected chi connectivity index (χ0v) is 14.1. The fourth-order valence-corrected chi connectivity index (χ4v) is 2.23. The summed E-state index contributed by atoms with van der Waals surface area (Å²) in [6, 6.07) is 10.8. The molecule has 2 aromatic rings. The van der Waals surface area contributed by atoms with Crippen molar-refractivity contribution in [2.75, 3.05) is 20.3 Å². The van der Waals surface area contributed by atoms with Gasteiger partial charge in [0.05, 0.1) is 32.0 Å². The number of aliphatic hydroxyl groups is 1. The van der Waals surface area contributed by atoms with Gasteiger partial charge in [-0.3, -0.25) is 4.79 Å². The van der Waals surface area contributed by atoms with Crippen molar-refractivity contribution >= 4 is 18.1 Å². The summed E-state index contributed by atoms with van der Waals surface area (Å²) in [4.78, 5) is 14.8. The molecule has 1 atom stereocenters. The van der Waals surface area contributed by atoms with Gasteiger partial charge in [-0.05, 0) is 29.8 Å². The van der Waals surface area contributed by atoms with Crippen molar-refractivity contribution in [3.8, 4) is 5.75 Å². The van der Waals surface area contributed by atoms with E-state index in [2.05, 4.69) is 10.3 Å². The average Bonchev–Trinajstić information content (AvgIpc) is 2.60. The van der Waals surface area contributed by atoms with Gasteiger partial charge in [0.2, 0.25) is 0 Å². The number of carbonyl (C=O) groups excluding carboxylic acids is 1. The molecule has 6 nitrogen and oxygen atoms in total. The number of H-pyrrole nitrogens is 1. The molecule has 1 heterocycles. The van der Waals surface area contributed by atoms with Crippen molar-refractivity contribution in [3.63, 3.8) is 0 Å². The Balaban J connectivity index is 1.71. The standard InChI is InChI=1S/C17H20N2O4S/c1-22-14-6-4-12(5-7-14)10-23-11-13(20)9-19-16(21)15-3-2-8-18-17(15)24/h2-8,13,20H,9-11H2,1H3,(H,18,24)(H,19,21). The summed E-state index contributed by atoms with van der Waals surface area (Å²) in [6.07, 6.45) is 0.856. The number of ether oxygens (including phenoxy) is 2. The molecule has 7 heteroatoms. The maximum absolute atomic E-state index is 12.0. The number of nitrogens with one attached hydrogen (secondary N) is 2.